The van der Waals surface area contributed by atoms with Gasteiger partial charge < -0.3 is 15.4 Å². The maximum absolute atomic E-state index is 12.1. The average Bonchev–Trinajstić information content (AvgIpc) is 2.59. The first-order chi connectivity index (χ1) is 10.7. The Labute approximate surface area is 128 Å². The Balaban J connectivity index is 2.00. The molecule has 0 radical (unpaired) electrons. The van der Waals surface area contributed by atoms with Crippen LogP contribution in [0.15, 0.2) is 42.6 Å². The van der Waals surface area contributed by atoms with Crippen LogP contribution in [0.3, 0.4) is 0 Å². The van der Waals surface area contributed by atoms with Gasteiger partial charge in [-0.25, -0.2) is 4.98 Å². The molecule has 0 saturated carbocycles. The van der Waals surface area contributed by atoms with E-state index in [1.807, 2.05) is 0 Å². The lowest BCUT2D eigenvalue weighted by Gasteiger charge is -2.08. The SMILES string of the molecule is CNC(=O)c1ccc(CNC(=O)c2cccnc2OC)cc1. The van der Waals surface area contributed by atoms with Crippen LogP contribution in [0, 0.1) is 0 Å². The number of carbonyl (C=O) groups excluding carboxylic acids is 2. The van der Waals surface area contributed by atoms with Crippen LogP contribution in [-0.2, 0) is 6.54 Å². The lowest BCUT2D eigenvalue weighted by Crippen LogP contribution is -2.23. The highest BCUT2D eigenvalue weighted by molar-refractivity contribution is 5.96. The number of pyridine rings is 1. The molecule has 22 heavy (non-hydrogen) atoms. The Kier molecular flexibility index (Phi) is 5.08. The molecule has 6 heteroatoms. The van der Waals surface area contributed by atoms with Crippen molar-refractivity contribution in [1.82, 2.24) is 15.6 Å². The van der Waals surface area contributed by atoms with Gasteiger partial charge in [0.15, 0.2) is 0 Å². The van der Waals surface area contributed by atoms with Gasteiger partial charge in [0.05, 0.1) is 7.11 Å². The van der Waals surface area contributed by atoms with E-state index in [1.165, 1.54) is 7.11 Å². The molecule has 0 aliphatic carbocycles. The number of nitrogens with one attached hydrogen (secondary N) is 2. The fourth-order valence-electron chi connectivity index (χ4n) is 1.92. The summed E-state index contributed by atoms with van der Waals surface area (Å²) in [6.45, 7) is 0.352. The number of aromatic nitrogens is 1. The molecule has 2 aromatic rings. The number of methoxy groups -OCH3 is 1. The van der Waals surface area contributed by atoms with E-state index in [9.17, 15) is 9.59 Å². The number of amides is 2. The predicted molar refractivity (Wildman–Crippen MR) is 81.8 cm³/mol. The van der Waals surface area contributed by atoms with Gasteiger partial charge in [0.25, 0.3) is 11.8 Å². The Bertz CT molecular complexity index is 669. The molecule has 6 nitrogen and oxygen atoms in total. The second kappa shape index (κ2) is 7.21. The fourth-order valence-corrected chi connectivity index (χ4v) is 1.92. The van der Waals surface area contributed by atoms with Crippen LogP contribution in [0.5, 0.6) is 5.88 Å². The van der Waals surface area contributed by atoms with Gasteiger partial charge in [0.2, 0.25) is 5.88 Å². The molecule has 2 N–H and O–H groups in total. The summed E-state index contributed by atoms with van der Waals surface area (Å²) in [5.41, 5.74) is 1.85. The number of nitrogens with zero attached hydrogens (tertiary/aromatic N) is 1. The minimum atomic E-state index is -0.264. The summed E-state index contributed by atoms with van der Waals surface area (Å²) in [4.78, 5) is 27.6. The number of benzene rings is 1. The minimum Gasteiger partial charge on any atom is -0.480 e. The van der Waals surface area contributed by atoms with E-state index in [2.05, 4.69) is 15.6 Å². The molecule has 0 aliphatic rings. The van der Waals surface area contributed by atoms with E-state index in [0.29, 0.717) is 17.7 Å². The van der Waals surface area contributed by atoms with E-state index >= 15 is 0 Å². The molecular formula is C16H17N3O3. The van der Waals surface area contributed by atoms with Crippen LogP contribution in [0.2, 0.25) is 0 Å². The van der Waals surface area contributed by atoms with Gasteiger partial charge in [-0.3, -0.25) is 9.59 Å². The molecule has 1 aromatic carbocycles. The summed E-state index contributed by atoms with van der Waals surface area (Å²) >= 11 is 0. The Morgan fingerprint density at radius 1 is 1.14 bits per heavy atom. The number of hydrogen-bond acceptors (Lipinski definition) is 4. The van der Waals surface area contributed by atoms with Crippen LogP contribution in [0.1, 0.15) is 26.3 Å². The summed E-state index contributed by atoms with van der Waals surface area (Å²) in [5.74, 6) is -0.119. The van der Waals surface area contributed by atoms with Gasteiger partial charge in [-0.2, -0.15) is 0 Å². The van der Waals surface area contributed by atoms with Crippen molar-refractivity contribution in [3.63, 3.8) is 0 Å². The largest absolute Gasteiger partial charge is 0.480 e. The summed E-state index contributed by atoms with van der Waals surface area (Å²) in [6, 6.07) is 10.3. The first kappa shape index (κ1) is 15.5. The second-order valence-electron chi connectivity index (χ2n) is 4.52. The Morgan fingerprint density at radius 3 is 2.50 bits per heavy atom. The first-order valence-electron chi connectivity index (χ1n) is 6.74. The van der Waals surface area contributed by atoms with Crippen molar-refractivity contribution < 1.29 is 14.3 Å². The van der Waals surface area contributed by atoms with Gasteiger partial charge in [-0.1, -0.05) is 12.1 Å². The molecule has 0 fully saturated rings. The standard InChI is InChI=1S/C16H17N3O3/c1-17-14(20)12-7-5-11(6-8-12)10-19-15(21)13-4-3-9-18-16(13)22-2/h3-9H,10H2,1-2H3,(H,17,20)(H,19,21). The molecule has 2 amide bonds. The summed E-state index contributed by atoms with van der Waals surface area (Å²) < 4.78 is 5.06. The molecule has 0 spiro atoms. The lowest BCUT2D eigenvalue weighted by atomic mass is 10.1. The first-order valence-corrected chi connectivity index (χ1v) is 6.74. The zero-order valence-electron chi connectivity index (χ0n) is 12.4. The van der Waals surface area contributed by atoms with Crippen molar-refractivity contribution in [1.29, 1.82) is 0 Å². The fraction of sp³-hybridized carbons (Fsp3) is 0.188. The van der Waals surface area contributed by atoms with Crippen LogP contribution < -0.4 is 15.4 Å². The maximum atomic E-state index is 12.1. The Morgan fingerprint density at radius 2 is 1.86 bits per heavy atom. The van der Waals surface area contributed by atoms with Crippen molar-refractivity contribution in [3.8, 4) is 5.88 Å². The molecule has 0 bridgehead atoms. The zero-order chi connectivity index (χ0) is 15.9. The third-order valence-electron chi connectivity index (χ3n) is 3.11. The molecule has 1 heterocycles. The van der Waals surface area contributed by atoms with E-state index in [1.54, 1.807) is 49.6 Å². The highest BCUT2D eigenvalue weighted by Gasteiger charge is 2.12. The number of carbonyl (C=O) groups is 2. The summed E-state index contributed by atoms with van der Waals surface area (Å²) in [5, 5.41) is 5.35. The minimum absolute atomic E-state index is 0.143. The van der Waals surface area contributed by atoms with Gasteiger partial charge >= 0.3 is 0 Å². The number of ether oxygens (including phenoxy) is 1. The van der Waals surface area contributed by atoms with Crippen LogP contribution in [0.25, 0.3) is 0 Å². The van der Waals surface area contributed by atoms with Crippen molar-refractivity contribution in [2.24, 2.45) is 0 Å². The van der Waals surface area contributed by atoms with Gasteiger partial charge in [-0.15, -0.1) is 0 Å². The highest BCUT2D eigenvalue weighted by atomic mass is 16.5. The zero-order valence-corrected chi connectivity index (χ0v) is 12.4. The molecule has 0 atom stereocenters. The van der Waals surface area contributed by atoms with Crippen molar-refractivity contribution in [2.45, 2.75) is 6.54 Å². The van der Waals surface area contributed by atoms with Gasteiger partial charge in [0.1, 0.15) is 5.56 Å². The van der Waals surface area contributed by atoms with Crippen molar-refractivity contribution >= 4 is 11.8 Å². The average molecular weight is 299 g/mol. The van der Waals surface area contributed by atoms with E-state index < -0.39 is 0 Å². The molecule has 2 rings (SSSR count). The molecule has 0 aliphatic heterocycles. The van der Waals surface area contributed by atoms with Gasteiger partial charge in [-0.05, 0) is 29.8 Å². The molecule has 1 aromatic heterocycles. The highest BCUT2D eigenvalue weighted by Crippen LogP contribution is 2.13. The quantitative estimate of drug-likeness (QED) is 0.874. The number of hydrogen-bond donors (Lipinski definition) is 2. The van der Waals surface area contributed by atoms with Crippen LogP contribution in [0.4, 0.5) is 0 Å². The summed E-state index contributed by atoms with van der Waals surface area (Å²) in [6.07, 6.45) is 1.56. The van der Waals surface area contributed by atoms with Crippen LogP contribution >= 0.6 is 0 Å². The Hall–Kier alpha value is -2.89. The third kappa shape index (κ3) is 3.60. The van der Waals surface area contributed by atoms with Crippen molar-refractivity contribution in [2.75, 3.05) is 14.2 Å². The molecule has 0 saturated heterocycles. The van der Waals surface area contributed by atoms with E-state index in [4.69, 9.17) is 4.74 Å². The normalized spacial score (nSPS) is 9.91. The molecule has 114 valence electrons. The maximum Gasteiger partial charge on any atom is 0.257 e. The monoisotopic (exact) mass is 299 g/mol. The second-order valence-corrected chi connectivity index (χ2v) is 4.52. The molecule has 0 unspecified atom stereocenters. The van der Waals surface area contributed by atoms with E-state index in [-0.39, 0.29) is 17.7 Å². The van der Waals surface area contributed by atoms with Crippen LogP contribution in [-0.4, -0.2) is 31.0 Å². The predicted octanol–water partition coefficient (Wildman–Crippen LogP) is 1.38. The summed E-state index contributed by atoms with van der Waals surface area (Å²) in [7, 11) is 3.05. The molecular weight excluding hydrogens is 282 g/mol. The van der Waals surface area contributed by atoms with Gasteiger partial charge in [0, 0.05) is 25.4 Å². The number of rotatable bonds is 5. The van der Waals surface area contributed by atoms with E-state index in [0.717, 1.165) is 5.56 Å². The topological polar surface area (TPSA) is 80.3 Å². The van der Waals surface area contributed by atoms with Crippen molar-refractivity contribution in [3.05, 3.63) is 59.3 Å². The lowest BCUT2D eigenvalue weighted by molar-refractivity contribution is 0.0943. The smallest absolute Gasteiger partial charge is 0.257 e. The third-order valence-corrected chi connectivity index (χ3v) is 3.11.